The van der Waals surface area contributed by atoms with Gasteiger partial charge in [0.25, 0.3) is 5.91 Å². The summed E-state index contributed by atoms with van der Waals surface area (Å²) in [5.41, 5.74) is 0. The quantitative estimate of drug-likeness (QED) is 0.859. The van der Waals surface area contributed by atoms with E-state index in [-0.39, 0.29) is 29.4 Å². The average Bonchev–Trinajstić information content (AvgIpc) is 3.31. The molecular formula is C18H22N2O4S2. The van der Waals surface area contributed by atoms with Crippen molar-refractivity contribution in [1.29, 1.82) is 0 Å². The molecule has 0 aliphatic carbocycles. The number of hydrogen-bond donors (Lipinski definition) is 1. The molecule has 0 unspecified atom stereocenters. The highest BCUT2D eigenvalue weighted by Crippen LogP contribution is 2.34. The summed E-state index contributed by atoms with van der Waals surface area (Å²) < 4.78 is 30.3. The van der Waals surface area contributed by atoms with E-state index in [0.717, 1.165) is 6.54 Å². The summed E-state index contributed by atoms with van der Waals surface area (Å²) in [5, 5.41) is 2.59. The first-order valence-electron chi connectivity index (χ1n) is 8.76. The third-order valence-corrected chi connectivity index (χ3v) is 8.52. The number of fused-ring (bicyclic) bond motifs is 1. The third kappa shape index (κ3) is 3.45. The number of likely N-dealkylation sites (tertiary alicyclic amines) is 1. The van der Waals surface area contributed by atoms with Gasteiger partial charge < -0.3 is 9.73 Å². The molecule has 1 N–H and O–H groups in total. The van der Waals surface area contributed by atoms with Crippen LogP contribution < -0.4 is 5.32 Å². The number of carbonyl (C=O) groups is 1. The molecule has 2 aliphatic rings. The van der Waals surface area contributed by atoms with Gasteiger partial charge in [0.1, 0.15) is 0 Å². The number of nitrogens with one attached hydrogen (secondary N) is 1. The molecule has 2 aromatic rings. The van der Waals surface area contributed by atoms with Gasteiger partial charge in [-0.25, -0.2) is 8.42 Å². The van der Waals surface area contributed by atoms with Crippen molar-refractivity contribution < 1.29 is 17.6 Å². The van der Waals surface area contributed by atoms with E-state index in [1.165, 1.54) is 16.0 Å². The molecule has 0 aromatic carbocycles. The molecule has 6 nitrogen and oxygen atoms in total. The molecule has 26 heavy (non-hydrogen) atoms. The molecule has 2 aliphatic heterocycles. The number of amides is 1. The van der Waals surface area contributed by atoms with Gasteiger partial charge in [-0.05, 0) is 37.6 Å². The number of carbonyl (C=O) groups excluding carboxylic acids is 1. The van der Waals surface area contributed by atoms with Gasteiger partial charge in [0.2, 0.25) is 0 Å². The van der Waals surface area contributed by atoms with Gasteiger partial charge in [0, 0.05) is 41.3 Å². The van der Waals surface area contributed by atoms with Crippen molar-refractivity contribution in [1.82, 2.24) is 10.2 Å². The number of rotatable bonds is 4. The number of hydrogen-bond acceptors (Lipinski definition) is 6. The van der Waals surface area contributed by atoms with Crippen LogP contribution >= 0.6 is 11.3 Å². The molecule has 4 heterocycles. The molecular weight excluding hydrogens is 372 g/mol. The van der Waals surface area contributed by atoms with E-state index in [1.807, 2.05) is 0 Å². The van der Waals surface area contributed by atoms with Crippen molar-refractivity contribution in [3.05, 3.63) is 46.0 Å². The Balaban J connectivity index is 1.49. The molecule has 0 bridgehead atoms. The van der Waals surface area contributed by atoms with Crippen LogP contribution in [0.2, 0.25) is 0 Å². The average molecular weight is 395 g/mol. The highest BCUT2D eigenvalue weighted by Gasteiger charge is 2.48. The van der Waals surface area contributed by atoms with Crippen LogP contribution in [0.25, 0.3) is 0 Å². The van der Waals surface area contributed by atoms with Crippen LogP contribution in [0.1, 0.15) is 26.7 Å². The van der Waals surface area contributed by atoms with Gasteiger partial charge in [-0.2, -0.15) is 0 Å². The zero-order chi connectivity index (χ0) is 18.3. The van der Waals surface area contributed by atoms with Gasteiger partial charge in [0.15, 0.2) is 15.6 Å². The van der Waals surface area contributed by atoms with E-state index in [1.54, 1.807) is 23.5 Å². The molecule has 1 amide bonds. The zero-order valence-electron chi connectivity index (χ0n) is 14.6. The van der Waals surface area contributed by atoms with Crippen molar-refractivity contribution >= 4 is 27.1 Å². The summed E-state index contributed by atoms with van der Waals surface area (Å²) in [7, 11) is -3.12. The first-order valence-corrected chi connectivity index (χ1v) is 11.3. The minimum atomic E-state index is -3.12. The van der Waals surface area contributed by atoms with E-state index < -0.39 is 15.1 Å². The highest BCUT2D eigenvalue weighted by molar-refractivity contribution is 7.92. The van der Waals surface area contributed by atoms with E-state index >= 15 is 0 Å². The minimum Gasteiger partial charge on any atom is -0.459 e. The van der Waals surface area contributed by atoms with E-state index in [0.29, 0.717) is 19.5 Å². The molecule has 8 heteroatoms. The van der Waals surface area contributed by atoms with Crippen LogP contribution in [0.4, 0.5) is 0 Å². The number of sulfone groups is 1. The fourth-order valence-corrected chi connectivity index (χ4v) is 7.11. The molecule has 0 spiro atoms. The molecule has 2 aromatic heterocycles. The lowest BCUT2D eigenvalue weighted by atomic mass is 9.95. The molecule has 0 radical (unpaired) electrons. The Kier molecular flexibility index (Phi) is 4.66. The Hall–Kier alpha value is -1.64. The number of aryl methyl sites for hydroxylation is 1. The lowest BCUT2D eigenvalue weighted by molar-refractivity contribution is 0.0891. The van der Waals surface area contributed by atoms with Crippen molar-refractivity contribution in [2.75, 3.05) is 18.8 Å². The molecule has 4 rings (SSSR count). The largest absolute Gasteiger partial charge is 0.459 e. The molecule has 3 atom stereocenters. The number of thiophene rings is 1. The summed E-state index contributed by atoms with van der Waals surface area (Å²) in [6, 6.07) is 7.34. The Morgan fingerprint density at radius 1 is 1.35 bits per heavy atom. The maximum Gasteiger partial charge on any atom is 0.287 e. The monoisotopic (exact) mass is 394 g/mol. The van der Waals surface area contributed by atoms with Crippen LogP contribution in [0.3, 0.4) is 0 Å². The summed E-state index contributed by atoms with van der Waals surface area (Å²) in [6.45, 7) is 4.06. The van der Waals surface area contributed by atoms with Crippen molar-refractivity contribution in [2.24, 2.45) is 5.92 Å². The maximum absolute atomic E-state index is 12.6. The predicted octanol–water partition coefficient (Wildman–Crippen LogP) is 2.07. The van der Waals surface area contributed by atoms with Gasteiger partial charge >= 0.3 is 0 Å². The topological polar surface area (TPSA) is 79.6 Å². The highest BCUT2D eigenvalue weighted by atomic mass is 32.2. The Morgan fingerprint density at radius 2 is 2.19 bits per heavy atom. The summed E-state index contributed by atoms with van der Waals surface area (Å²) in [4.78, 5) is 17.0. The maximum atomic E-state index is 12.6. The Bertz CT molecular complexity index is 888. The van der Waals surface area contributed by atoms with Crippen LogP contribution in [0, 0.1) is 12.8 Å². The van der Waals surface area contributed by atoms with E-state index in [9.17, 15) is 13.2 Å². The Labute approximate surface area is 157 Å². The number of nitrogens with zero attached hydrogens (tertiary/aromatic N) is 1. The van der Waals surface area contributed by atoms with Gasteiger partial charge in [-0.1, -0.05) is 0 Å². The molecule has 140 valence electrons. The van der Waals surface area contributed by atoms with E-state index in [2.05, 4.69) is 29.3 Å². The molecule has 2 fully saturated rings. The van der Waals surface area contributed by atoms with Crippen LogP contribution in [0.15, 0.2) is 34.9 Å². The van der Waals surface area contributed by atoms with Gasteiger partial charge in [-0.15, -0.1) is 11.3 Å². The van der Waals surface area contributed by atoms with Crippen LogP contribution in [0.5, 0.6) is 0 Å². The summed E-state index contributed by atoms with van der Waals surface area (Å²) >= 11 is 1.74. The second-order valence-corrected chi connectivity index (χ2v) is 10.8. The second-order valence-electron chi connectivity index (χ2n) is 7.12. The molecule has 0 saturated carbocycles. The number of furan rings is 1. The van der Waals surface area contributed by atoms with Gasteiger partial charge in [0.05, 0.1) is 17.3 Å². The second kappa shape index (κ2) is 6.83. The van der Waals surface area contributed by atoms with E-state index in [4.69, 9.17) is 4.42 Å². The summed E-state index contributed by atoms with van der Waals surface area (Å²) in [6.07, 6.45) is 1.92. The predicted molar refractivity (Wildman–Crippen MR) is 100.0 cm³/mol. The van der Waals surface area contributed by atoms with Crippen LogP contribution in [-0.2, 0) is 16.4 Å². The van der Waals surface area contributed by atoms with Crippen LogP contribution in [-0.4, -0.2) is 49.4 Å². The smallest absolute Gasteiger partial charge is 0.287 e. The van der Waals surface area contributed by atoms with Crippen molar-refractivity contribution in [3.8, 4) is 0 Å². The first-order chi connectivity index (χ1) is 12.4. The van der Waals surface area contributed by atoms with Crippen molar-refractivity contribution in [3.63, 3.8) is 0 Å². The lowest BCUT2D eigenvalue weighted by Crippen LogP contribution is -2.51. The third-order valence-electron chi connectivity index (χ3n) is 5.31. The lowest BCUT2D eigenvalue weighted by Gasteiger charge is -2.33. The normalized spacial score (nSPS) is 28.0. The minimum absolute atomic E-state index is 0.0753. The molecule has 2 saturated heterocycles. The standard InChI is InChI=1S/C18H22N2O4S2/c1-12-4-5-13(25-12)9-20-10-14-15(6-8-26(22,23)17(14)11-20)19-18(21)16-3-2-7-24-16/h2-5,7,14-15,17H,6,8-11H2,1H3,(H,19,21)/t14-,15-,17+/m1/s1. The first kappa shape index (κ1) is 17.8. The fraction of sp³-hybridized carbons (Fsp3) is 0.500. The Morgan fingerprint density at radius 3 is 2.88 bits per heavy atom. The fourth-order valence-electron chi connectivity index (χ4n) is 4.05. The zero-order valence-corrected chi connectivity index (χ0v) is 16.2. The van der Waals surface area contributed by atoms with Gasteiger partial charge in [-0.3, -0.25) is 9.69 Å². The SMILES string of the molecule is Cc1ccc(CN2C[C@@H]3[C@H](NC(=O)c4ccco4)CCS(=O)(=O)[C@H]3C2)s1. The van der Waals surface area contributed by atoms with Crippen molar-refractivity contribution in [2.45, 2.75) is 31.2 Å². The summed E-state index contributed by atoms with van der Waals surface area (Å²) in [5.74, 6) is 0.0430.